The quantitative estimate of drug-likeness (QED) is 0.430. The van der Waals surface area contributed by atoms with E-state index in [0.29, 0.717) is 26.1 Å². The summed E-state index contributed by atoms with van der Waals surface area (Å²) in [4.78, 5) is 43.3. The average molecular weight is 469 g/mol. The Morgan fingerprint density at radius 3 is 2.61 bits per heavy atom. The van der Waals surface area contributed by atoms with E-state index in [2.05, 4.69) is 10.3 Å². The summed E-state index contributed by atoms with van der Waals surface area (Å²) in [7, 11) is 0. The minimum absolute atomic E-state index is 0.254. The van der Waals surface area contributed by atoms with Crippen LogP contribution in [0.25, 0.3) is 26.1 Å². The molecule has 7 nitrogen and oxygen atoms in total. The van der Waals surface area contributed by atoms with Crippen LogP contribution in [0.15, 0.2) is 69.6 Å². The van der Waals surface area contributed by atoms with Crippen molar-refractivity contribution in [1.29, 1.82) is 0 Å². The largest absolute Gasteiger partial charge is 0.336 e. The van der Waals surface area contributed by atoms with Crippen LogP contribution in [0.3, 0.4) is 0 Å². The number of thiazole rings is 1. The second-order valence-electron chi connectivity index (χ2n) is 6.66. The second-order valence-corrected chi connectivity index (χ2v) is 9.04. The number of hydrogen-bond acceptors (Lipinski definition) is 6. The summed E-state index contributed by atoms with van der Waals surface area (Å²) >= 11 is 8.51. The van der Waals surface area contributed by atoms with Crippen molar-refractivity contribution >= 4 is 65.7 Å². The molecule has 0 aliphatic heterocycles. The number of para-hydroxylation sites is 1. The van der Waals surface area contributed by atoms with Crippen molar-refractivity contribution < 1.29 is 4.79 Å². The molecule has 0 bridgehead atoms. The van der Waals surface area contributed by atoms with Gasteiger partial charge >= 0.3 is 5.69 Å². The lowest BCUT2D eigenvalue weighted by Gasteiger charge is -2.12. The minimum Gasteiger partial charge on any atom is -0.300 e. The number of nitrogens with zero attached hydrogens (tertiary/aromatic N) is 3. The fourth-order valence-corrected chi connectivity index (χ4v) is 5.12. The number of halogens is 1. The monoisotopic (exact) mass is 468 g/mol. The van der Waals surface area contributed by atoms with Crippen LogP contribution in [-0.4, -0.2) is 20.0 Å². The summed E-state index contributed by atoms with van der Waals surface area (Å²) in [5, 5.41) is 5.42. The molecular weight excluding hydrogens is 456 g/mol. The van der Waals surface area contributed by atoms with Gasteiger partial charge in [0.05, 0.1) is 21.4 Å². The molecule has 0 unspecified atom stereocenters. The first kappa shape index (κ1) is 19.7. The number of benzene rings is 2. The predicted octanol–water partition coefficient (Wildman–Crippen LogP) is 4.12. The van der Waals surface area contributed by atoms with Crippen LogP contribution < -0.4 is 16.6 Å². The molecule has 0 saturated heterocycles. The lowest BCUT2D eigenvalue weighted by molar-refractivity contribution is -0.116. The zero-order valence-electron chi connectivity index (χ0n) is 15.7. The SMILES string of the molecule is O=C(Cn1c(=O)n(-c2ccc(Cl)cc2)c(=O)c2sccc21)Nc1nc2ccccc2s1. The lowest BCUT2D eigenvalue weighted by atomic mass is 10.3. The molecule has 1 amide bonds. The Kier molecular flexibility index (Phi) is 4.93. The summed E-state index contributed by atoms with van der Waals surface area (Å²) in [5.41, 5.74) is 0.564. The van der Waals surface area contributed by atoms with E-state index in [4.69, 9.17) is 11.6 Å². The van der Waals surface area contributed by atoms with Gasteiger partial charge in [-0.1, -0.05) is 35.1 Å². The van der Waals surface area contributed by atoms with Crippen molar-refractivity contribution in [1.82, 2.24) is 14.1 Å². The maximum Gasteiger partial charge on any atom is 0.336 e. The highest BCUT2D eigenvalue weighted by Gasteiger charge is 2.18. The van der Waals surface area contributed by atoms with E-state index in [1.807, 2.05) is 24.3 Å². The summed E-state index contributed by atoms with van der Waals surface area (Å²) in [6.07, 6.45) is 0. The van der Waals surface area contributed by atoms with Crippen LogP contribution >= 0.6 is 34.3 Å². The molecule has 154 valence electrons. The highest BCUT2D eigenvalue weighted by Crippen LogP contribution is 2.25. The molecule has 0 aliphatic rings. The Balaban J connectivity index is 1.55. The third kappa shape index (κ3) is 3.56. The number of carbonyl (C=O) groups excluding carboxylic acids is 1. The van der Waals surface area contributed by atoms with Gasteiger partial charge < -0.3 is 5.32 Å². The predicted molar refractivity (Wildman–Crippen MR) is 125 cm³/mol. The molecule has 0 fully saturated rings. The molecule has 3 heterocycles. The van der Waals surface area contributed by atoms with Crippen molar-refractivity contribution in [3.05, 3.63) is 85.8 Å². The minimum atomic E-state index is -0.599. The van der Waals surface area contributed by atoms with Crippen molar-refractivity contribution in [2.75, 3.05) is 5.32 Å². The average Bonchev–Trinajstić information content (AvgIpc) is 3.39. The normalized spacial score (nSPS) is 11.3. The van der Waals surface area contributed by atoms with Crippen LogP contribution in [0, 0.1) is 0 Å². The number of amides is 1. The van der Waals surface area contributed by atoms with E-state index in [0.717, 1.165) is 14.8 Å². The molecular formula is C21H13ClN4O3S2. The fraction of sp³-hybridized carbons (Fsp3) is 0.0476. The van der Waals surface area contributed by atoms with Gasteiger partial charge in [0.15, 0.2) is 5.13 Å². The van der Waals surface area contributed by atoms with E-state index < -0.39 is 17.2 Å². The highest BCUT2D eigenvalue weighted by molar-refractivity contribution is 7.22. The van der Waals surface area contributed by atoms with Crippen molar-refractivity contribution in [2.24, 2.45) is 0 Å². The van der Waals surface area contributed by atoms with Crippen LogP contribution in [0.5, 0.6) is 0 Å². The highest BCUT2D eigenvalue weighted by atomic mass is 35.5. The lowest BCUT2D eigenvalue weighted by Crippen LogP contribution is -2.40. The van der Waals surface area contributed by atoms with Crippen LogP contribution in [0.1, 0.15) is 0 Å². The van der Waals surface area contributed by atoms with Crippen LogP contribution in [0.4, 0.5) is 5.13 Å². The number of hydrogen-bond donors (Lipinski definition) is 1. The standard InChI is InChI=1S/C21H13ClN4O3S2/c22-12-5-7-13(8-6-12)26-19(28)18-15(9-10-30-18)25(21(26)29)11-17(27)24-20-23-14-3-1-2-4-16(14)31-20/h1-10H,11H2,(H,23,24,27). The number of rotatable bonds is 4. The van der Waals surface area contributed by atoms with Gasteiger partial charge in [-0.05, 0) is 47.8 Å². The van der Waals surface area contributed by atoms with Crippen molar-refractivity contribution in [3.63, 3.8) is 0 Å². The first-order valence-electron chi connectivity index (χ1n) is 9.16. The molecule has 2 aromatic carbocycles. The van der Waals surface area contributed by atoms with E-state index in [9.17, 15) is 14.4 Å². The van der Waals surface area contributed by atoms with Crippen LogP contribution in [-0.2, 0) is 11.3 Å². The number of fused-ring (bicyclic) bond motifs is 2. The summed E-state index contributed by atoms with van der Waals surface area (Å²) in [6, 6.07) is 15.6. The Morgan fingerprint density at radius 1 is 1.06 bits per heavy atom. The number of carbonyl (C=O) groups is 1. The van der Waals surface area contributed by atoms with Gasteiger partial charge in [-0.3, -0.25) is 14.2 Å². The number of nitrogens with one attached hydrogen (secondary N) is 1. The van der Waals surface area contributed by atoms with Crippen molar-refractivity contribution in [3.8, 4) is 5.69 Å². The molecule has 0 radical (unpaired) electrons. The van der Waals surface area contributed by atoms with Crippen molar-refractivity contribution in [2.45, 2.75) is 6.54 Å². The molecule has 5 aromatic rings. The van der Waals surface area contributed by atoms with E-state index in [1.165, 1.54) is 27.2 Å². The van der Waals surface area contributed by atoms with Gasteiger partial charge in [-0.25, -0.2) is 14.3 Å². The molecule has 0 aliphatic carbocycles. The number of anilines is 1. The van der Waals surface area contributed by atoms with Gasteiger partial charge in [0.2, 0.25) is 5.91 Å². The smallest absolute Gasteiger partial charge is 0.300 e. The maximum atomic E-state index is 13.2. The Bertz CT molecular complexity index is 1530. The molecule has 5 rings (SSSR count). The number of aromatic nitrogens is 3. The van der Waals surface area contributed by atoms with Crippen LogP contribution in [0.2, 0.25) is 5.02 Å². The molecule has 3 aromatic heterocycles. The number of thiophene rings is 1. The Morgan fingerprint density at radius 2 is 1.84 bits per heavy atom. The molecule has 0 spiro atoms. The molecule has 1 N–H and O–H groups in total. The summed E-state index contributed by atoms with van der Waals surface area (Å²) in [6.45, 7) is -0.254. The molecule has 10 heteroatoms. The fourth-order valence-electron chi connectivity index (χ4n) is 3.29. The van der Waals surface area contributed by atoms with Gasteiger partial charge in [-0.2, -0.15) is 0 Å². The van der Waals surface area contributed by atoms with Gasteiger partial charge in [0.25, 0.3) is 5.56 Å². The van der Waals surface area contributed by atoms with E-state index in [-0.39, 0.29) is 6.54 Å². The van der Waals surface area contributed by atoms with Gasteiger partial charge in [0.1, 0.15) is 11.2 Å². The Labute approximate surface area is 187 Å². The zero-order valence-corrected chi connectivity index (χ0v) is 18.1. The molecule has 0 atom stereocenters. The second kappa shape index (κ2) is 7.77. The zero-order chi connectivity index (χ0) is 21.5. The first-order valence-corrected chi connectivity index (χ1v) is 11.2. The molecule has 31 heavy (non-hydrogen) atoms. The third-order valence-corrected chi connectivity index (χ3v) is 6.78. The van der Waals surface area contributed by atoms with Gasteiger partial charge in [0, 0.05) is 5.02 Å². The summed E-state index contributed by atoms with van der Waals surface area (Å²) in [5.74, 6) is -0.407. The maximum absolute atomic E-state index is 13.2. The summed E-state index contributed by atoms with van der Waals surface area (Å²) < 4.78 is 3.69. The van der Waals surface area contributed by atoms with E-state index in [1.54, 1.807) is 35.7 Å². The molecule has 0 saturated carbocycles. The van der Waals surface area contributed by atoms with Gasteiger partial charge in [-0.15, -0.1) is 11.3 Å². The topological polar surface area (TPSA) is 86.0 Å². The Hall–Kier alpha value is -3.27. The third-order valence-electron chi connectivity index (χ3n) is 4.68. The first-order chi connectivity index (χ1) is 15.0. The van der Waals surface area contributed by atoms with E-state index >= 15 is 0 Å².